The first kappa shape index (κ1) is 21.6. The van der Waals surface area contributed by atoms with E-state index < -0.39 is 0 Å². The van der Waals surface area contributed by atoms with Crippen LogP contribution >= 0.6 is 34.0 Å². The average molecular weight is 537 g/mol. The lowest BCUT2D eigenvalue weighted by atomic mass is 10.0. The van der Waals surface area contributed by atoms with Crippen molar-refractivity contribution in [2.24, 2.45) is 0 Å². The van der Waals surface area contributed by atoms with Crippen molar-refractivity contribution < 1.29 is 9.59 Å². The fourth-order valence-corrected chi connectivity index (χ4v) is 9.53. The molecule has 0 spiro atoms. The Labute approximate surface area is 223 Å². The molecule has 180 valence electrons. The summed E-state index contributed by atoms with van der Waals surface area (Å²) in [6, 6.07) is 16.0. The second kappa shape index (κ2) is 7.51. The molecular formula is C30H20N2O2S3. The van der Waals surface area contributed by atoms with Crippen molar-refractivity contribution in [3.05, 3.63) is 75.5 Å². The second-order valence-corrected chi connectivity index (χ2v) is 12.4. The van der Waals surface area contributed by atoms with Crippen molar-refractivity contribution >= 4 is 103 Å². The first-order valence-electron chi connectivity index (χ1n) is 12.4. The molecule has 8 rings (SSSR count). The third-order valence-electron chi connectivity index (χ3n) is 7.55. The molecule has 1 aliphatic rings. The number of fused-ring (bicyclic) bond motifs is 9. The maximum Gasteiger partial charge on any atom is 0.197 e. The number of thiophene rings is 3. The van der Waals surface area contributed by atoms with Gasteiger partial charge in [0.1, 0.15) is 0 Å². The van der Waals surface area contributed by atoms with Gasteiger partial charge in [0.25, 0.3) is 0 Å². The fourth-order valence-electron chi connectivity index (χ4n) is 5.92. The molecule has 5 aromatic heterocycles. The number of Topliss-reactive ketones (excluding diaryl/α,β-unsaturated/α-hetero) is 2. The highest BCUT2D eigenvalue weighted by Gasteiger charge is 2.34. The normalized spacial score (nSPS) is 13.9. The maximum atomic E-state index is 13.3. The number of aryl methyl sites for hydroxylation is 2. The van der Waals surface area contributed by atoms with E-state index in [1.54, 1.807) is 11.3 Å². The molecule has 0 radical (unpaired) electrons. The molecule has 0 aliphatic heterocycles. The number of ketones is 2. The minimum absolute atomic E-state index is 0.175. The molecule has 0 unspecified atom stereocenters. The average Bonchev–Trinajstić information content (AvgIpc) is 3.72. The van der Waals surface area contributed by atoms with Crippen molar-refractivity contribution in [1.29, 1.82) is 0 Å². The zero-order valence-electron chi connectivity index (χ0n) is 20.1. The quantitative estimate of drug-likeness (QED) is 0.167. The van der Waals surface area contributed by atoms with Gasteiger partial charge in [-0.25, -0.2) is 0 Å². The van der Waals surface area contributed by atoms with E-state index in [2.05, 4.69) is 40.5 Å². The summed E-state index contributed by atoms with van der Waals surface area (Å²) in [6.45, 7) is 6.19. The van der Waals surface area contributed by atoms with Gasteiger partial charge in [-0.05, 0) is 60.3 Å². The number of hydrogen-bond acceptors (Lipinski definition) is 5. The standard InChI is InChI=1S/C30H20N2O2S3/c1-3-31-21-9-10-35-27(21)29-23(31)24-30(37-29)28-22(32(24)4-2)14-17(36-28)13-20-25(33)18-11-15-7-5-6-8-16(15)12-19(18)26(20)34/h5-14H,3-4H2,1-2H3. The smallest absolute Gasteiger partial charge is 0.197 e. The van der Waals surface area contributed by atoms with Crippen molar-refractivity contribution in [3.63, 3.8) is 0 Å². The Balaban J connectivity index is 1.32. The molecule has 1 aliphatic carbocycles. The Kier molecular flexibility index (Phi) is 4.37. The molecule has 2 aromatic carbocycles. The third-order valence-corrected chi connectivity index (χ3v) is 11.0. The van der Waals surface area contributed by atoms with Gasteiger partial charge in [0.2, 0.25) is 0 Å². The monoisotopic (exact) mass is 536 g/mol. The van der Waals surface area contributed by atoms with Gasteiger partial charge in [-0.1, -0.05) is 24.3 Å². The number of rotatable bonds is 3. The molecule has 0 bridgehead atoms. The summed E-state index contributed by atoms with van der Waals surface area (Å²) in [4.78, 5) is 27.6. The summed E-state index contributed by atoms with van der Waals surface area (Å²) < 4.78 is 10.1. The van der Waals surface area contributed by atoms with Gasteiger partial charge >= 0.3 is 0 Å². The predicted molar refractivity (Wildman–Crippen MR) is 158 cm³/mol. The number of allylic oxidation sites excluding steroid dienone is 1. The van der Waals surface area contributed by atoms with E-state index in [0.29, 0.717) is 11.1 Å². The van der Waals surface area contributed by atoms with Crippen LogP contribution < -0.4 is 0 Å². The second-order valence-electron chi connectivity index (χ2n) is 9.41. The van der Waals surface area contributed by atoms with E-state index >= 15 is 0 Å². The van der Waals surface area contributed by atoms with E-state index in [0.717, 1.165) is 28.7 Å². The van der Waals surface area contributed by atoms with Crippen LogP contribution in [0.1, 0.15) is 39.4 Å². The van der Waals surface area contributed by atoms with Crippen LogP contribution in [0, 0.1) is 0 Å². The summed E-state index contributed by atoms with van der Waals surface area (Å²) in [6.07, 6.45) is 1.81. The first-order chi connectivity index (χ1) is 18.1. The molecular weight excluding hydrogens is 517 g/mol. The molecule has 5 heterocycles. The maximum absolute atomic E-state index is 13.3. The van der Waals surface area contributed by atoms with E-state index in [-0.39, 0.29) is 17.1 Å². The zero-order valence-corrected chi connectivity index (χ0v) is 22.6. The Bertz CT molecular complexity index is 2100. The molecule has 37 heavy (non-hydrogen) atoms. The van der Waals surface area contributed by atoms with Crippen LogP contribution in [0.4, 0.5) is 0 Å². The van der Waals surface area contributed by atoms with Gasteiger partial charge in [-0.15, -0.1) is 34.0 Å². The number of carbonyl (C=O) groups excluding carboxylic acids is 2. The highest BCUT2D eigenvalue weighted by atomic mass is 32.1. The van der Waals surface area contributed by atoms with Gasteiger partial charge < -0.3 is 9.13 Å². The fraction of sp³-hybridized carbons (Fsp3) is 0.133. The summed E-state index contributed by atoms with van der Waals surface area (Å²) in [7, 11) is 0. The number of hydrogen-bond donors (Lipinski definition) is 0. The van der Waals surface area contributed by atoms with Gasteiger partial charge in [0, 0.05) is 29.1 Å². The topological polar surface area (TPSA) is 44.0 Å². The van der Waals surface area contributed by atoms with Crippen LogP contribution in [0.25, 0.3) is 57.7 Å². The number of benzene rings is 2. The molecule has 0 N–H and O–H groups in total. The predicted octanol–water partition coefficient (Wildman–Crippen LogP) is 8.74. The van der Waals surface area contributed by atoms with Crippen molar-refractivity contribution in [2.45, 2.75) is 26.9 Å². The highest BCUT2D eigenvalue weighted by Crippen LogP contribution is 2.48. The lowest BCUT2D eigenvalue weighted by Gasteiger charge is -2.05. The number of carbonyl (C=O) groups is 2. The zero-order chi connectivity index (χ0) is 25.0. The summed E-state index contributed by atoms with van der Waals surface area (Å²) in [5.41, 5.74) is 6.42. The van der Waals surface area contributed by atoms with Crippen molar-refractivity contribution in [1.82, 2.24) is 9.13 Å². The Morgan fingerprint density at radius 2 is 1.35 bits per heavy atom. The van der Waals surface area contributed by atoms with E-state index in [1.165, 1.54) is 40.9 Å². The van der Waals surface area contributed by atoms with E-state index in [9.17, 15) is 9.59 Å². The SMILES string of the molecule is CCn1c2ccsc2c2sc3c4sc(C=C5C(=O)c6cc7ccccc7cc6C5=O)cc4n(CC)c3c21. The molecule has 0 saturated carbocycles. The molecule has 7 heteroatoms. The Morgan fingerprint density at radius 3 is 2.00 bits per heavy atom. The lowest BCUT2D eigenvalue weighted by molar-refractivity contribution is 0.0990. The minimum atomic E-state index is -0.175. The molecule has 0 amide bonds. The van der Waals surface area contributed by atoms with Crippen LogP contribution in [0.2, 0.25) is 0 Å². The lowest BCUT2D eigenvalue weighted by Crippen LogP contribution is -1.99. The molecule has 0 fully saturated rings. The van der Waals surface area contributed by atoms with Crippen LogP contribution in [0.5, 0.6) is 0 Å². The van der Waals surface area contributed by atoms with Crippen LogP contribution in [-0.2, 0) is 13.1 Å². The third kappa shape index (κ3) is 2.71. The molecule has 4 nitrogen and oxygen atoms in total. The van der Waals surface area contributed by atoms with Crippen LogP contribution in [0.15, 0.2) is 59.5 Å². The highest BCUT2D eigenvalue weighted by molar-refractivity contribution is 7.34. The van der Waals surface area contributed by atoms with Crippen LogP contribution in [-0.4, -0.2) is 20.7 Å². The molecule has 0 saturated heterocycles. The van der Waals surface area contributed by atoms with Gasteiger partial charge in [-0.3, -0.25) is 9.59 Å². The van der Waals surface area contributed by atoms with E-state index in [4.69, 9.17) is 0 Å². The minimum Gasteiger partial charge on any atom is -0.338 e. The van der Waals surface area contributed by atoms with Gasteiger partial charge in [0.05, 0.1) is 46.4 Å². The molecule has 7 aromatic rings. The molecule has 0 atom stereocenters. The number of aromatic nitrogens is 2. The Hall–Kier alpha value is -3.52. The summed E-state index contributed by atoms with van der Waals surface area (Å²) in [5, 5.41) is 4.13. The van der Waals surface area contributed by atoms with Crippen LogP contribution in [0.3, 0.4) is 0 Å². The van der Waals surface area contributed by atoms with Gasteiger partial charge in [0.15, 0.2) is 11.6 Å². The number of nitrogens with zero attached hydrogens (tertiary/aromatic N) is 2. The summed E-state index contributed by atoms with van der Waals surface area (Å²) >= 11 is 5.36. The summed E-state index contributed by atoms with van der Waals surface area (Å²) in [5.74, 6) is -0.350. The van der Waals surface area contributed by atoms with E-state index in [1.807, 2.05) is 65.1 Å². The largest absolute Gasteiger partial charge is 0.338 e. The van der Waals surface area contributed by atoms with Gasteiger partial charge in [-0.2, -0.15) is 0 Å². The Morgan fingerprint density at radius 1 is 0.730 bits per heavy atom. The van der Waals surface area contributed by atoms with Crippen molar-refractivity contribution in [2.75, 3.05) is 0 Å². The van der Waals surface area contributed by atoms with Crippen molar-refractivity contribution in [3.8, 4) is 0 Å². The first-order valence-corrected chi connectivity index (χ1v) is 14.9.